The number of hydrogen-bond donors (Lipinski definition) is 3. The van der Waals surface area contributed by atoms with Crippen LogP contribution in [0.15, 0.2) is 17.1 Å². The van der Waals surface area contributed by atoms with Gasteiger partial charge in [-0.3, -0.25) is 18.4 Å². The van der Waals surface area contributed by atoms with E-state index in [1.807, 2.05) is 0 Å². The van der Waals surface area contributed by atoms with E-state index in [-0.39, 0.29) is 19.0 Å². The monoisotopic (exact) mass is 418 g/mol. The molecule has 2 saturated heterocycles. The molecule has 1 aromatic heterocycles. The number of nitrogens with two attached hydrogens (primary N) is 1. The van der Waals surface area contributed by atoms with Crippen LogP contribution in [0.25, 0.3) is 0 Å². The summed E-state index contributed by atoms with van der Waals surface area (Å²) < 4.78 is 35.3. The third-order valence-electron chi connectivity index (χ3n) is 4.47. The highest BCUT2D eigenvalue weighted by molar-refractivity contribution is 7.51. The Morgan fingerprint density at radius 2 is 2.36 bits per heavy atom. The first kappa shape index (κ1) is 20.9. The zero-order valence-electron chi connectivity index (χ0n) is 15.6. The molecule has 1 aromatic rings. The number of fused-ring (bicyclic) bond motifs is 1. The van der Waals surface area contributed by atoms with Crippen molar-refractivity contribution in [2.24, 2.45) is 0 Å². The number of esters is 1. The SMILES string of the molecule is CCOC(=O)[C@H](C)N[P@@]1(=O)OC[C@H]2O[C@@H](n3ccc(N)nc3=O)[C@](C)(O)[C@@H]2O1. The molecular formula is C15H23N4O8P. The average Bonchev–Trinajstić information content (AvgIpc) is 2.85. The molecule has 0 amide bonds. The Kier molecular flexibility index (Phi) is 5.63. The Labute approximate surface area is 160 Å². The number of anilines is 1. The highest BCUT2D eigenvalue weighted by Crippen LogP contribution is 2.55. The molecular weight excluding hydrogens is 395 g/mol. The van der Waals surface area contributed by atoms with Crippen molar-refractivity contribution in [1.82, 2.24) is 14.6 Å². The lowest BCUT2D eigenvalue weighted by molar-refractivity contribution is -0.145. The van der Waals surface area contributed by atoms with Gasteiger partial charge in [0.25, 0.3) is 0 Å². The third-order valence-corrected chi connectivity index (χ3v) is 6.17. The molecule has 28 heavy (non-hydrogen) atoms. The van der Waals surface area contributed by atoms with Gasteiger partial charge in [-0.1, -0.05) is 0 Å². The summed E-state index contributed by atoms with van der Waals surface area (Å²) in [5, 5.41) is 13.5. The van der Waals surface area contributed by atoms with Gasteiger partial charge in [0, 0.05) is 6.20 Å². The predicted octanol–water partition coefficient (Wildman–Crippen LogP) is -0.461. The molecule has 4 N–H and O–H groups in total. The Balaban J connectivity index is 1.80. The van der Waals surface area contributed by atoms with Crippen molar-refractivity contribution in [3.05, 3.63) is 22.7 Å². The maximum absolute atomic E-state index is 12.9. The molecule has 2 fully saturated rings. The molecule has 3 rings (SSSR count). The van der Waals surface area contributed by atoms with Crippen LogP contribution in [-0.2, 0) is 27.9 Å². The zero-order chi connectivity index (χ0) is 20.7. The van der Waals surface area contributed by atoms with E-state index in [9.17, 15) is 19.3 Å². The van der Waals surface area contributed by atoms with E-state index in [4.69, 9.17) is 24.3 Å². The number of carbonyl (C=O) groups excluding carboxylic acids is 1. The zero-order valence-corrected chi connectivity index (χ0v) is 16.5. The van der Waals surface area contributed by atoms with Crippen molar-refractivity contribution in [1.29, 1.82) is 0 Å². The second-order valence-corrected chi connectivity index (χ2v) is 8.44. The van der Waals surface area contributed by atoms with Crippen LogP contribution in [0.4, 0.5) is 5.82 Å². The lowest BCUT2D eigenvalue weighted by Gasteiger charge is -2.36. The quantitative estimate of drug-likeness (QED) is 0.418. The van der Waals surface area contributed by atoms with E-state index in [1.54, 1.807) is 6.92 Å². The van der Waals surface area contributed by atoms with Crippen LogP contribution in [0.3, 0.4) is 0 Å². The average molecular weight is 418 g/mol. The van der Waals surface area contributed by atoms with Gasteiger partial charge in [-0.25, -0.2) is 14.4 Å². The van der Waals surface area contributed by atoms with Crippen LogP contribution in [0.1, 0.15) is 27.0 Å². The number of carbonyl (C=O) groups is 1. The second-order valence-electron chi connectivity index (χ2n) is 6.72. The van der Waals surface area contributed by atoms with E-state index in [1.165, 1.54) is 26.1 Å². The molecule has 12 nitrogen and oxygen atoms in total. The molecule has 6 atom stereocenters. The van der Waals surface area contributed by atoms with Crippen molar-refractivity contribution in [3.8, 4) is 0 Å². The number of aliphatic hydroxyl groups is 1. The molecule has 13 heteroatoms. The summed E-state index contributed by atoms with van der Waals surface area (Å²) in [6.07, 6.45) is -1.72. The first-order chi connectivity index (χ1) is 13.1. The van der Waals surface area contributed by atoms with Gasteiger partial charge < -0.3 is 20.3 Å². The molecule has 0 aliphatic carbocycles. The molecule has 0 saturated carbocycles. The van der Waals surface area contributed by atoms with Crippen LogP contribution in [0.5, 0.6) is 0 Å². The fourth-order valence-electron chi connectivity index (χ4n) is 3.12. The lowest BCUT2D eigenvalue weighted by Crippen LogP contribution is -2.50. The number of ether oxygens (including phenoxy) is 2. The van der Waals surface area contributed by atoms with E-state index in [0.717, 1.165) is 4.57 Å². The smallest absolute Gasteiger partial charge is 0.406 e. The molecule has 156 valence electrons. The molecule has 0 spiro atoms. The highest BCUT2D eigenvalue weighted by atomic mass is 31.2. The summed E-state index contributed by atoms with van der Waals surface area (Å²) in [5.74, 6) is -0.601. The van der Waals surface area contributed by atoms with E-state index < -0.39 is 49.5 Å². The maximum atomic E-state index is 12.9. The largest absolute Gasteiger partial charge is 0.465 e. The van der Waals surface area contributed by atoms with Gasteiger partial charge in [0.05, 0.1) is 13.2 Å². The standard InChI is InChI=1S/C15H23N4O8P/c1-4-24-12(20)8(2)18-28(23)25-7-9-11(27-28)15(3,22)13(26-9)19-6-5-10(16)17-14(19)21/h5-6,8-9,11,13,22H,4,7H2,1-3H3,(H,18,23)(H2,16,17,21)/t8-,9+,11+,13+,15+,28+/m0/s1. The number of aromatic nitrogens is 2. The Morgan fingerprint density at radius 1 is 1.64 bits per heavy atom. The van der Waals surface area contributed by atoms with Gasteiger partial charge in [0.1, 0.15) is 29.7 Å². The summed E-state index contributed by atoms with van der Waals surface area (Å²) >= 11 is 0. The fourth-order valence-corrected chi connectivity index (χ4v) is 4.89. The molecule has 3 heterocycles. The Bertz CT molecular complexity index is 859. The molecule has 0 radical (unpaired) electrons. The first-order valence-corrected chi connectivity index (χ1v) is 10.2. The van der Waals surface area contributed by atoms with Crippen LogP contribution >= 0.6 is 7.75 Å². The van der Waals surface area contributed by atoms with Gasteiger partial charge in [-0.2, -0.15) is 4.98 Å². The number of rotatable bonds is 5. The normalized spacial score (nSPS) is 35.9. The van der Waals surface area contributed by atoms with Gasteiger partial charge in [-0.05, 0) is 26.8 Å². The number of hydrogen-bond acceptors (Lipinski definition) is 10. The minimum atomic E-state index is -3.95. The van der Waals surface area contributed by atoms with Gasteiger partial charge >= 0.3 is 19.4 Å². The van der Waals surface area contributed by atoms with Gasteiger partial charge in [-0.15, -0.1) is 0 Å². The minimum Gasteiger partial charge on any atom is -0.465 e. The molecule has 2 aliphatic heterocycles. The van der Waals surface area contributed by atoms with Gasteiger partial charge in [0.2, 0.25) is 0 Å². The van der Waals surface area contributed by atoms with Crippen molar-refractivity contribution in [2.45, 2.75) is 50.8 Å². The van der Waals surface area contributed by atoms with Crippen LogP contribution in [0.2, 0.25) is 0 Å². The van der Waals surface area contributed by atoms with Crippen LogP contribution in [-0.4, -0.2) is 57.7 Å². The van der Waals surface area contributed by atoms with Crippen molar-refractivity contribution in [3.63, 3.8) is 0 Å². The molecule has 0 unspecified atom stereocenters. The van der Waals surface area contributed by atoms with Crippen molar-refractivity contribution in [2.75, 3.05) is 18.9 Å². The first-order valence-electron chi connectivity index (χ1n) is 8.67. The second kappa shape index (κ2) is 7.54. The molecule has 0 aromatic carbocycles. The van der Waals surface area contributed by atoms with Gasteiger partial charge in [0.15, 0.2) is 6.23 Å². The number of nitrogens with zero attached hydrogens (tertiary/aromatic N) is 2. The topological polar surface area (TPSA) is 164 Å². The summed E-state index contributed by atoms with van der Waals surface area (Å²) in [7, 11) is -3.95. The molecule has 2 aliphatic rings. The summed E-state index contributed by atoms with van der Waals surface area (Å²) in [4.78, 5) is 27.5. The van der Waals surface area contributed by atoms with E-state index >= 15 is 0 Å². The van der Waals surface area contributed by atoms with E-state index in [0.29, 0.717) is 0 Å². The fraction of sp³-hybridized carbons (Fsp3) is 0.667. The van der Waals surface area contributed by atoms with Crippen molar-refractivity contribution < 1.29 is 33.0 Å². The maximum Gasteiger partial charge on any atom is 0.406 e. The summed E-state index contributed by atoms with van der Waals surface area (Å²) in [6.45, 7) is 4.45. The highest BCUT2D eigenvalue weighted by Gasteiger charge is 2.60. The Hall–Kier alpha value is -1.82. The van der Waals surface area contributed by atoms with E-state index in [2.05, 4.69) is 10.1 Å². The lowest BCUT2D eigenvalue weighted by atomic mass is 9.96. The summed E-state index contributed by atoms with van der Waals surface area (Å²) in [6, 6.07) is 0.419. The minimum absolute atomic E-state index is 0.0255. The number of nitrogens with one attached hydrogen (secondary N) is 1. The third kappa shape index (κ3) is 3.84. The predicted molar refractivity (Wildman–Crippen MR) is 95.1 cm³/mol. The Morgan fingerprint density at radius 3 is 3.00 bits per heavy atom. The molecule has 0 bridgehead atoms. The number of nitrogen functional groups attached to an aromatic ring is 1. The van der Waals surface area contributed by atoms with Crippen molar-refractivity contribution >= 4 is 19.5 Å². The van der Waals surface area contributed by atoms with Crippen LogP contribution < -0.4 is 16.5 Å². The van der Waals surface area contributed by atoms with Crippen LogP contribution in [0, 0.1) is 0 Å². The summed E-state index contributed by atoms with van der Waals surface area (Å²) in [5.41, 5.74) is 3.01.